The highest BCUT2D eigenvalue weighted by atomic mass is 16.5. The van der Waals surface area contributed by atoms with Gasteiger partial charge in [0, 0.05) is 31.3 Å². The van der Waals surface area contributed by atoms with Gasteiger partial charge in [-0.15, -0.1) is 0 Å². The molecule has 0 aliphatic heterocycles. The van der Waals surface area contributed by atoms with Gasteiger partial charge in [0.25, 0.3) is 0 Å². The van der Waals surface area contributed by atoms with Gasteiger partial charge in [0.1, 0.15) is 0 Å². The zero-order chi connectivity index (χ0) is 13.7. The van der Waals surface area contributed by atoms with Crippen LogP contribution in [0, 0.1) is 0 Å². The van der Waals surface area contributed by atoms with Crippen LogP contribution in [0.2, 0.25) is 0 Å². The maximum absolute atomic E-state index is 5.08. The van der Waals surface area contributed by atoms with Crippen LogP contribution in [-0.4, -0.2) is 31.3 Å². The van der Waals surface area contributed by atoms with E-state index >= 15 is 0 Å². The predicted octanol–water partition coefficient (Wildman–Crippen LogP) is 2.96. The van der Waals surface area contributed by atoms with Gasteiger partial charge in [-0.05, 0) is 30.5 Å². The summed E-state index contributed by atoms with van der Waals surface area (Å²) in [5.41, 5.74) is 2.42. The Hall–Kier alpha value is -1.45. The number of hydrogen-bond acceptors (Lipinski definition) is 3. The third kappa shape index (κ3) is 3.31. The summed E-state index contributed by atoms with van der Waals surface area (Å²) in [5, 5.41) is 4.75. The van der Waals surface area contributed by atoms with Gasteiger partial charge in [-0.25, -0.2) is 0 Å². The summed E-state index contributed by atoms with van der Waals surface area (Å²) in [6, 6.07) is 10.9. The first kappa shape index (κ1) is 14.0. The molecule has 102 valence electrons. The second-order valence-electron chi connectivity index (χ2n) is 4.94. The fourth-order valence-corrected chi connectivity index (χ4v) is 2.36. The first-order valence-corrected chi connectivity index (χ1v) is 6.80. The Labute approximate surface area is 115 Å². The molecule has 0 spiro atoms. The molecule has 1 aromatic carbocycles. The molecule has 0 aliphatic carbocycles. The van der Waals surface area contributed by atoms with Crippen LogP contribution in [0.15, 0.2) is 36.5 Å². The van der Waals surface area contributed by atoms with Crippen LogP contribution in [0.3, 0.4) is 0 Å². The van der Waals surface area contributed by atoms with Gasteiger partial charge in [0.05, 0.1) is 12.1 Å². The lowest BCUT2D eigenvalue weighted by molar-refractivity contribution is 0.195. The van der Waals surface area contributed by atoms with Gasteiger partial charge in [-0.1, -0.05) is 25.1 Å². The van der Waals surface area contributed by atoms with Crippen LogP contribution in [0.4, 0.5) is 0 Å². The van der Waals surface area contributed by atoms with E-state index in [0.717, 1.165) is 18.7 Å². The van der Waals surface area contributed by atoms with Crippen LogP contribution in [0.1, 0.15) is 25.3 Å². The largest absolute Gasteiger partial charge is 0.383 e. The standard InChI is InChI=1S/C16H22N2O/c1-12(13(2)17-10-11-19-3)14-6-4-8-16-15(14)7-5-9-18-16/h4-9,12-13,17H,10-11H2,1-3H3. The highest BCUT2D eigenvalue weighted by Gasteiger charge is 2.16. The Morgan fingerprint density at radius 3 is 2.84 bits per heavy atom. The summed E-state index contributed by atoms with van der Waals surface area (Å²) in [5.74, 6) is 0.435. The summed E-state index contributed by atoms with van der Waals surface area (Å²) >= 11 is 0. The van der Waals surface area contributed by atoms with Crippen LogP contribution >= 0.6 is 0 Å². The summed E-state index contributed by atoms with van der Waals surface area (Å²) in [4.78, 5) is 4.42. The lowest BCUT2D eigenvalue weighted by atomic mass is 9.91. The molecule has 0 radical (unpaired) electrons. The maximum Gasteiger partial charge on any atom is 0.0704 e. The van der Waals surface area contributed by atoms with Gasteiger partial charge in [-0.3, -0.25) is 4.98 Å². The average molecular weight is 258 g/mol. The van der Waals surface area contributed by atoms with Gasteiger partial charge in [0.2, 0.25) is 0 Å². The SMILES string of the molecule is COCCNC(C)C(C)c1cccc2ncccc12. The molecule has 1 heterocycles. The minimum absolute atomic E-state index is 0.404. The van der Waals surface area contributed by atoms with Crippen LogP contribution in [0.25, 0.3) is 10.9 Å². The van der Waals surface area contributed by atoms with E-state index in [4.69, 9.17) is 4.74 Å². The average Bonchev–Trinajstić information content (AvgIpc) is 2.46. The van der Waals surface area contributed by atoms with Crippen molar-refractivity contribution in [2.24, 2.45) is 0 Å². The van der Waals surface area contributed by atoms with E-state index in [1.807, 2.05) is 12.3 Å². The Bertz CT molecular complexity index is 522. The molecule has 0 aliphatic rings. The Morgan fingerprint density at radius 1 is 1.21 bits per heavy atom. The van der Waals surface area contributed by atoms with Gasteiger partial charge in [0.15, 0.2) is 0 Å². The number of methoxy groups -OCH3 is 1. The number of hydrogen-bond donors (Lipinski definition) is 1. The number of aromatic nitrogens is 1. The first-order valence-electron chi connectivity index (χ1n) is 6.80. The summed E-state index contributed by atoms with van der Waals surface area (Å²) in [7, 11) is 1.73. The summed E-state index contributed by atoms with van der Waals surface area (Å²) < 4.78 is 5.08. The number of rotatable bonds is 6. The minimum Gasteiger partial charge on any atom is -0.383 e. The number of ether oxygens (including phenoxy) is 1. The molecule has 2 atom stereocenters. The van der Waals surface area contributed by atoms with Crippen LogP contribution in [0.5, 0.6) is 0 Å². The molecule has 0 saturated carbocycles. The van der Waals surface area contributed by atoms with Crippen molar-refractivity contribution < 1.29 is 4.74 Å². The van der Waals surface area contributed by atoms with Crippen molar-refractivity contribution in [3.8, 4) is 0 Å². The molecule has 1 N–H and O–H groups in total. The van der Waals surface area contributed by atoms with Crippen molar-refractivity contribution in [1.29, 1.82) is 0 Å². The van der Waals surface area contributed by atoms with E-state index in [-0.39, 0.29) is 0 Å². The van der Waals surface area contributed by atoms with E-state index < -0.39 is 0 Å². The number of nitrogens with one attached hydrogen (secondary N) is 1. The number of fused-ring (bicyclic) bond motifs is 1. The molecule has 2 rings (SSSR count). The highest BCUT2D eigenvalue weighted by Crippen LogP contribution is 2.26. The molecule has 2 unspecified atom stereocenters. The zero-order valence-electron chi connectivity index (χ0n) is 11.9. The van der Waals surface area contributed by atoms with Crippen LogP contribution in [-0.2, 0) is 4.74 Å². The normalized spacial score (nSPS) is 14.5. The Morgan fingerprint density at radius 2 is 2.05 bits per heavy atom. The van der Waals surface area contributed by atoms with Gasteiger partial charge < -0.3 is 10.1 Å². The second kappa shape index (κ2) is 6.64. The Kier molecular flexibility index (Phi) is 4.88. The van der Waals surface area contributed by atoms with E-state index in [1.54, 1.807) is 7.11 Å². The Balaban J connectivity index is 2.18. The minimum atomic E-state index is 0.404. The van der Waals surface area contributed by atoms with Crippen molar-refractivity contribution in [3.63, 3.8) is 0 Å². The number of benzene rings is 1. The number of pyridine rings is 1. The van der Waals surface area contributed by atoms with Crippen molar-refractivity contribution >= 4 is 10.9 Å². The fourth-order valence-electron chi connectivity index (χ4n) is 2.36. The zero-order valence-corrected chi connectivity index (χ0v) is 11.9. The molecule has 0 saturated heterocycles. The summed E-state index contributed by atoms with van der Waals surface area (Å²) in [6.45, 7) is 6.10. The quantitative estimate of drug-likeness (QED) is 0.809. The molecule has 19 heavy (non-hydrogen) atoms. The lowest BCUT2D eigenvalue weighted by Crippen LogP contribution is -2.33. The first-order chi connectivity index (χ1) is 9.24. The molecule has 1 aromatic heterocycles. The molecule has 0 amide bonds. The highest BCUT2D eigenvalue weighted by molar-refractivity contribution is 5.82. The van der Waals surface area contributed by atoms with Crippen molar-refractivity contribution in [3.05, 3.63) is 42.1 Å². The molecule has 0 fully saturated rings. The third-order valence-electron chi connectivity index (χ3n) is 3.69. The third-order valence-corrected chi connectivity index (χ3v) is 3.69. The smallest absolute Gasteiger partial charge is 0.0704 e. The van der Waals surface area contributed by atoms with Crippen molar-refractivity contribution in [1.82, 2.24) is 10.3 Å². The van der Waals surface area contributed by atoms with Crippen molar-refractivity contribution in [2.45, 2.75) is 25.8 Å². The number of nitrogens with zero attached hydrogens (tertiary/aromatic N) is 1. The lowest BCUT2D eigenvalue weighted by Gasteiger charge is -2.23. The molecular weight excluding hydrogens is 236 g/mol. The van der Waals surface area contributed by atoms with E-state index in [1.165, 1.54) is 10.9 Å². The van der Waals surface area contributed by atoms with Gasteiger partial charge >= 0.3 is 0 Å². The molecular formula is C16H22N2O. The summed E-state index contributed by atoms with van der Waals surface area (Å²) in [6.07, 6.45) is 1.84. The van der Waals surface area contributed by atoms with Gasteiger partial charge in [-0.2, -0.15) is 0 Å². The molecule has 0 bridgehead atoms. The molecule has 2 aromatic rings. The van der Waals surface area contributed by atoms with Crippen LogP contribution < -0.4 is 5.32 Å². The molecule has 3 heteroatoms. The molecule has 3 nitrogen and oxygen atoms in total. The monoisotopic (exact) mass is 258 g/mol. The van der Waals surface area contributed by atoms with E-state index in [9.17, 15) is 0 Å². The van der Waals surface area contributed by atoms with E-state index in [2.05, 4.69) is 48.4 Å². The predicted molar refractivity (Wildman–Crippen MR) is 79.5 cm³/mol. The fraction of sp³-hybridized carbons (Fsp3) is 0.438. The second-order valence-corrected chi connectivity index (χ2v) is 4.94. The maximum atomic E-state index is 5.08. The topological polar surface area (TPSA) is 34.1 Å². The van der Waals surface area contributed by atoms with Crippen molar-refractivity contribution in [2.75, 3.05) is 20.3 Å². The van der Waals surface area contributed by atoms with E-state index in [0.29, 0.717) is 12.0 Å².